The smallest absolute Gasteiger partial charge is 0.297 e. The summed E-state index contributed by atoms with van der Waals surface area (Å²) < 4.78 is 31.5. The van der Waals surface area contributed by atoms with Gasteiger partial charge in [-0.3, -0.25) is 0 Å². The van der Waals surface area contributed by atoms with Crippen LogP contribution in [0.25, 0.3) is 10.9 Å². The topological polar surface area (TPSA) is 67.3 Å². The number of aliphatic hydroxyl groups is 1. The average molecular weight is 414 g/mol. The number of fused-ring (bicyclic) bond motifs is 1. The predicted molar refractivity (Wildman–Crippen MR) is 101 cm³/mol. The molecule has 0 saturated heterocycles. The van der Waals surface area contributed by atoms with Gasteiger partial charge in [0.2, 0.25) is 0 Å². The molecular weight excluding hydrogens is 399 g/mol. The Morgan fingerprint density at radius 2 is 1.85 bits per heavy atom. The Labute approximate surface area is 163 Å². The average Bonchev–Trinajstić information content (AvgIpc) is 2.67. The molecule has 3 rings (SSSR count). The fourth-order valence-corrected chi connectivity index (χ4v) is 2.73. The number of rotatable bonds is 7. The number of anilines is 1. The molecule has 5 nitrogen and oxygen atoms in total. The number of para-hydroxylation sites is 1. The van der Waals surface area contributed by atoms with Crippen LogP contribution in [0, 0.1) is 0 Å². The van der Waals surface area contributed by atoms with Crippen LogP contribution in [0.2, 0.25) is 10.0 Å². The van der Waals surface area contributed by atoms with Crippen molar-refractivity contribution in [3.63, 3.8) is 0 Å². The molecule has 27 heavy (non-hydrogen) atoms. The third-order valence-corrected chi connectivity index (χ3v) is 4.47. The van der Waals surface area contributed by atoms with E-state index in [2.05, 4.69) is 15.3 Å². The van der Waals surface area contributed by atoms with Gasteiger partial charge in [-0.1, -0.05) is 41.4 Å². The van der Waals surface area contributed by atoms with Crippen molar-refractivity contribution in [3.8, 4) is 5.75 Å². The van der Waals surface area contributed by atoms with Crippen LogP contribution in [-0.4, -0.2) is 34.3 Å². The van der Waals surface area contributed by atoms with Gasteiger partial charge >= 0.3 is 0 Å². The molecule has 0 aliphatic heterocycles. The van der Waals surface area contributed by atoms with E-state index in [4.69, 9.17) is 27.9 Å². The minimum absolute atomic E-state index is 0.0296. The molecule has 142 valence electrons. The number of ether oxygens (including phenoxy) is 1. The summed E-state index contributed by atoms with van der Waals surface area (Å²) in [6.45, 7) is -0.0420. The van der Waals surface area contributed by atoms with Gasteiger partial charge in [0.1, 0.15) is 29.3 Å². The fraction of sp³-hybridized carbons (Fsp3) is 0.222. The number of benzene rings is 2. The standard InChI is InChI=1S/C18H15Cl2F2N3O2/c19-12-5-3-7-14(15(12)20)27-9-10(26)8-23-17-11-4-1-2-6-13(11)24-18(25-17)16(21)22/h1-7,10,16,26H,8-9H2,(H,23,24,25). The lowest BCUT2D eigenvalue weighted by atomic mass is 10.2. The zero-order chi connectivity index (χ0) is 19.4. The SMILES string of the molecule is OC(CNc1nc(C(F)F)nc2ccccc12)COc1cccc(Cl)c1Cl. The molecule has 3 aromatic rings. The summed E-state index contributed by atoms with van der Waals surface area (Å²) in [5.74, 6) is -0.0147. The number of aliphatic hydroxyl groups excluding tert-OH is 1. The number of hydrogen-bond donors (Lipinski definition) is 2. The lowest BCUT2D eigenvalue weighted by Crippen LogP contribution is -2.27. The molecule has 0 spiro atoms. The second kappa shape index (κ2) is 8.65. The Balaban J connectivity index is 1.68. The van der Waals surface area contributed by atoms with Crippen LogP contribution in [0.15, 0.2) is 42.5 Å². The van der Waals surface area contributed by atoms with Crippen LogP contribution in [-0.2, 0) is 0 Å². The van der Waals surface area contributed by atoms with Crippen LogP contribution >= 0.6 is 23.2 Å². The summed E-state index contributed by atoms with van der Waals surface area (Å²) in [7, 11) is 0. The molecule has 1 heterocycles. The number of hydrogen-bond acceptors (Lipinski definition) is 5. The third kappa shape index (κ3) is 4.74. The maximum absolute atomic E-state index is 13.0. The largest absolute Gasteiger partial charge is 0.489 e. The second-order valence-electron chi connectivity index (χ2n) is 5.65. The van der Waals surface area contributed by atoms with Crippen LogP contribution < -0.4 is 10.1 Å². The minimum atomic E-state index is -2.80. The van der Waals surface area contributed by atoms with Gasteiger partial charge in [0.05, 0.1) is 10.5 Å². The fourth-order valence-electron chi connectivity index (χ4n) is 2.38. The van der Waals surface area contributed by atoms with E-state index < -0.39 is 18.4 Å². The van der Waals surface area contributed by atoms with E-state index in [1.165, 1.54) is 0 Å². The second-order valence-corrected chi connectivity index (χ2v) is 6.43. The molecule has 0 fully saturated rings. The summed E-state index contributed by atoms with van der Waals surface area (Å²) in [6, 6.07) is 11.7. The maximum Gasteiger partial charge on any atom is 0.297 e. The van der Waals surface area contributed by atoms with Crippen molar-refractivity contribution in [2.45, 2.75) is 12.5 Å². The Morgan fingerprint density at radius 3 is 2.63 bits per heavy atom. The molecule has 0 radical (unpaired) electrons. The summed E-state index contributed by atoms with van der Waals surface area (Å²) in [6.07, 6.45) is -3.74. The molecule has 9 heteroatoms. The number of alkyl halides is 2. The van der Waals surface area contributed by atoms with Crippen molar-refractivity contribution in [2.75, 3.05) is 18.5 Å². The summed E-state index contributed by atoms with van der Waals surface area (Å²) in [5.41, 5.74) is 0.391. The Morgan fingerprint density at radius 1 is 1.07 bits per heavy atom. The van der Waals surface area contributed by atoms with Crippen molar-refractivity contribution in [3.05, 3.63) is 58.3 Å². The molecule has 0 aliphatic rings. The summed E-state index contributed by atoms with van der Waals surface area (Å²) in [4.78, 5) is 7.69. The number of nitrogens with one attached hydrogen (secondary N) is 1. The van der Waals surface area contributed by atoms with Crippen LogP contribution in [0.4, 0.5) is 14.6 Å². The van der Waals surface area contributed by atoms with E-state index in [0.717, 1.165) is 0 Å². The zero-order valence-corrected chi connectivity index (χ0v) is 15.4. The van der Waals surface area contributed by atoms with Gasteiger partial charge in [-0.25, -0.2) is 18.7 Å². The Kier molecular flexibility index (Phi) is 6.26. The molecule has 1 unspecified atom stereocenters. The molecule has 2 aromatic carbocycles. The normalized spacial score (nSPS) is 12.4. The quantitative estimate of drug-likeness (QED) is 0.586. The lowest BCUT2D eigenvalue weighted by molar-refractivity contribution is 0.117. The monoisotopic (exact) mass is 413 g/mol. The van der Waals surface area contributed by atoms with Crippen LogP contribution in [0.5, 0.6) is 5.75 Å². The van der Waals surface area contributed by atoms with E-state index in [1.54, 1.807) is 42.5 Å². The molecule has 0 aliphatic carbocycles. The number of aromatic nitrogens is 2. The summed E-state index contributed by atoms with van der Waals surface area (Å²) >= 11 is 11.9. The van der Waals surface area contributed by atoms with Crippen LogP contribution in [0.3, 0.4) is 0 Å². The van der Waals surface area contributed by atoms with E-state index in [0.29, 0.717) is 21.7 Å². The minimum Gasteiger partial charge on any atom is -0.489 e. The van der Waals surface area contributed by atoms with Gasteiger partial charge in [0.15, 0.2) is 5.82 Å². The van der Waals surface area contributed by atoms with Crippen molar-refractivity contribution in [1.29, 1.82) is 0 Å². The highest BCUT2D eigenvalue weighted by atomic mass is 35.5. The van der Waals surface area contributed by atoms with Crippen molar-refractivity contribution in [2.24, 2.45) is 0 Å². The third-order valence-electron chi connectivity index (χ3n) is 3.67. The molecule has 1 aromatic heterocycles. The van der Waals surface area contributed by atoms with Crippen molar-refractivity contribution in [1.82, 2.24) is 9.97 Å². The zero-order valence-electron chi connectivity index (χ0n) is 13.9. The number of nitrogens with zero attached hydrogens (tertiary/aromatic N) is 2. The first-order valence-electron chi connectivity index (χ1n) is 7.99. The Bertz CT molecular complexity index is 944. The van der Waals surface area contributed by atoms with E-state index in [9.17, 15) is 13.9 Å². The van der Waals surface area contributed by atoms with Gasteiger partial charge in [-0.15, -0.1) is 0 Å². The van der Waals surface area contributed by atoms with Crippen LogP contribution in [0.1, 0.15) is 12.2 Å². The molecule has 2 N–H and O–H groups in total. The predicted octanol–water partition coefficient (Wildman–Crippen LogP) is 4.73. The molecule has 0 amide bonds. The highest BCUT2D eigenvalue weighted by Gasteiger charge is 2.16. The van der Waals surface area contributed by atoms with Gasteiger partial charge in [-0.2, -0.15) is 0 Å². The van der Waals surface area contributed by atoms with Gasteiger partial charge in [0, 0.05) is 11.9 Å². The molecule has 0 bridgehead atoms. The first kappa shape index (κ1) is 19.5. The van der Waals surface area contributed by atoms with E-state index >= 15 is 0 Å². The van der Waals surface area contributed by atoms with E-state index in [1.807, 2.05) is 0 Å². The first-order chi connectivity index (χ1) is 13.0. The maximum atomic E-state index is 13.0. The van der Waals surface area contributed by atoms with Gasteiger partial charge in [0.25, 0.3) is 6.43 Å². The highest BCUT2D eigenvalue weighted by Crippen LogP contribution is 2.31. The molecule has 1 atom stereocenters. The van der Waals surface area contributed by atoms with Crippen molar-refractivity contribution >= 4 is 39.9 Å². The van der Waals surface area contributed by atoms with E-state index in [-0.39, 0.29) is 24.0 Å². The Hall–Kier alpha value is -2.22. The van der Waals surface area contributed by atoms with Gasteiger partial charge in [-0.05, 0) is 24.3 Å². The number of halogens is 4. The first-order valence-corrected chi connectivity index (χ1v) is 8.75. The lowest BCUT2D eigenvalue weighted by Gasteiger charge is -2.16. The molecule has 0 saturated carbocycles. The van der Waals surface area contributed by atoms with Gasteiger partial charge < -0.3 is 15.2 Å². The molecular formula is C18H15Cl2F2N3O2. The highest BCUT2D eigenvalue weighted by molar-refractivity contribution is 6.42. The van der Waals surface area contributed by atoms with Crippen molar-refractivity contribution < 1.29 is 18.6 Å². The summed E-state index contributed by atoms with van der Waals surface area (Å²) in [5, 5.41) is 14.2.